The topological polar surface area (TPSA) is 37.4 Å². The summed E-state index contributed by atoms with van der Waals surface area (Å²) in [5, 5.41) is 6.55. The van der Waals surface area contributed by atoms with E-state index >= 15 is 0 Å². The van der Waals surface area contributed by atoms with Gasteiger partial charge in [-0.3, -0.25) is 0 Å². The highest BCUT2D eigenvalue weighted by Gasteiger charge is 2.18. The lowest BCUT2D eigenvalue weighted by Gasteiger charge is -2.32. The fraction of sp³-hybridized carbons (Fsp3) is 0.786. The summed E-state index contributed by atoms with van der Waals surface area (Å²) in [5.41, 5.74) is 1.07. The Morgan fingerprint density at radius 2 is 2.42 bits per heavy atom. The van der Waals surface area contributed by atoms with Gasteiger partial charge in [0.1, 0.15) is 5.01 Å². The summed E-state index contributed by atoms with van der Waals surface area (Å²) in [6.45, 7) is 6.64. The summed E-state index contributed by atoms with van der Waals surface area (Å²) in [4.78, 5) is 6.98. The number of aromatic nitrogens is 1. The van der Waals surface area contributed by atoms with E-state index in [2.05, 4.69) is 34.6 Å². The molecule has 1 atom stereocenters. The molecule has 1 unspecified atom stereocenters. The van der Waals surface area contributed by atoms with Crippen molar-refractivity contribution in [3.63, 3.8) is 0 Å². The molecular weight excluding hydrogens is 258 g/mol. The summed E-state index contributed by atoms with van der Waals surface area (Å²) in [6, 6.07) is 0.591. The van der Waals surface area contributed by atoms with Crippen LogP contribution in [0.4, 0.5) is 0 Å². The van der Waals surface area contributed by atoms with Crippen molar-refractivity contribution in [2.24, 2.45) is 0 Å². The van der Waals surface area contributed by atoms with Crippen LogP contribution in [0.15, 0.2) is 5.38 Å². The van der Waals surface area contributed by atoms with E-state index in [9.17, 15) is 0 Å². The number of rotatable bonds is 7. The molecular formula is C14H25N3OS. The molecule has 1 saturated heterocycles. The third-order valence-electron chi connectivity index (χ3n) is 3.61. The Morgan fingerprint density at radius 1 is 1.53 bits per heavy atom. The van der Waals surface area contributed by atoms with Crippen LogP contribution in [0.1, 0.15) is 36.9 Å². The van der Waals surface area contributed by atoms with Crippen molar-refractivity contribution in [3.8, 4) is 0 Å². The van der Waals surface area contributed by atoms with E-state index in [-0.39, 0.29) is 0 Å². The molecule has 5 heteroatoms. The Morgan fingerprint density at radius 3 is 3.21 bits per heavy atom. The smallest absolute Gasteiger partial charge is 0.107 e. The molecule has 19 heavy (non-hydrogen) atoms. The maximum Gasteiger partial charge on any atom is 0.107 e. The molecule has 0 saturated carbocycles. The minimum Gasteiger partial charge on any atom is -0.374 e. The lowest BCUT2D eigenvalue weighted by molar-refractivity contribution is 0.0432. The van der Waals surface area contributed by atoms with Crippen molar-refractivity contribution < 1.29 is 4.74 Å². The molecule has 0 aliphatic carbocycles. The predicted octanol–water partition coefficient (Wildman–Crippen LogP) is 2.25. The molecule has 1 aliphatic heterocycles. The maximum absolute atomic E-state index is 5.83. The van der Waals surface area contributed by atoms with Crippen LogP contribution in [0.2, 0.25) is 0 Å². The van der Waals surface area contributed by atoms with Crippen molar-refractivity contribution in [1.29, 1.82) is 0 Å². The number of nitrogens with zero attached hydrogens (tertiary/aromatic N) is 2. The lowest BCUT2D eigenvalue weighted by Crippen LogP contribution is -2.39. The van der Waals surface area contributed by atoms with Gasteiger partial charge in [0.05, 0.1) is 18.9 Å². The summed E-state index contributed by atoms with van der Waals surface area (Å²) < 4.78 is 5.83. The zero-order valence-electron chi connectivity index (χ0n) is 12.0. The minimum atomic E-state index is 0.591. The molecule has 4 nitrogen and oxygen atoms in total. The van der Waals surface area contributed by atoms with Gasteiger partial charge in [-0.1, -0.05) is 13.3 Å². The molecule has 0 aromatic carbocycles. The molecule has 0 bridgehead atoms. The SMILES string of the molecule is CCNCc1nc(COCC2CCCCN2C)cs1. The predicted molar refractivity (Wildman–Crippen MR) is 79.4 cm³/mol. The second kappa shape index (κ2) is 7.94. The summed E-state index contributed by atoms with van der Waals surface area (Å²) in [6.07, 6.45) is 3.92. The number of likely N-dealkylation sites (N-methyl/N-ethyl adjacent to an activating group) is 1. The Labute approximate surface area is 120 Å². The van der Waals surface area contributed by atoms with Gasteiger partial charge in [0.25, 0.3) is 0 Å². The number of nitrogens with one attached hydrogen (secondary N) is 1. The van der Waals surface area contributed by atoms with Gasteiger partial charge < -0.3 is 15.0 Å². The molecule has 0 radical (unpaired) electrons. The highest BCUT2D eigenvalue weighted by molar-refractivity contribution is 7.09. The molecule has 1 N–H and O–H groups in total. The van der Waals surface area contributed by atoms with Gasteiger partial charge in [0.2, 0.25) is 0 Å². The van der Waals surface area contributed by atoms with Crippen LogP contribution in [0.3, 0.4) is 0 Å². The van der Waals surface area contributed by atoms with Crippen LogP contribution in [0.5, 0.6) is 0 Å². The fourth-order valence-electron chi connectivity index (χ4n) is 2.38. The van der Waals surface area contributed by atoms with Gasteiger partial charge in [-0.05, 0) is 33.0 Å². The van der Waals surface area contributed by atoms with Gasteiger partial charge in [-0.25, -0.2) is 4.98 Å². The first kappa shape index (κ1) is 14.9. The molecule has 1 aromatic rings. The van der Waals surface area contributed by atoms with Crippen molar-refractivity contribution in [2.45, 2.75) is 45.4 Å². The maximum atomic E-state index is 5.83. The first-order valence-electron chi connectivity index (χ1n) is 7.21. The van der Waals surface area contributed by atoms with Crippen LogP contribution in [0, 0.1) is 0 Å². The second-order valence-electron chi connectivity index (χ2n) is 5.16. The number of hydrogen-bond donors (Lipinski definition) is 1. The lowest BCUT2D eigenvalue weighted by atomic mass is 10.0. The third kappa shape index (κ3) is 4.84. The van der Waals surface area contributed by atoms with Gasteiger partial charge in [0, 0.05) is 18.0 Å². The molecule has 0 spiro atoms. The first-order chi connectivity index (χ1) is 9.29. The highest BCUT2D eigenvalue weighted by atomic mass is 32.1. The van der Waals surface area contributed by atoms with Crippen molar-refractivity contribution >= 4 is 11.3 Å². The monoisotopic (exact) mass is 283 g/mol. The Hall–Kier alpha value is -0.490. The van der Waals surface area contributed by atoms with Crippen molar-refractivity contribution in [2.75, 3.05) is 26.7 Å². The zero-order valence-corrected chi connectivity index (χ0v) is 12.8. The standard InChI is InChI=1S/C14H25N3OS/c1-3-15-8-14-16-12(11-19-14)9-18-10-13-6-4-5-7-17(13)2/h11,13,15H,3-10H2,1-2H3. The summed E-state index contributed by atoms with van der Waals surface area (Å²) >= 11 is 1.71. The first-order valence-corrected chi connectivity index (χ1v) is 8.09. The largest absolute Gasteiger partial charge is 0.374 e. The Balaban J connectivity index is 1.68. The van der Waals surface area contributed by atoms with Crippen LogP contribution in [0.25, 0.3) is 0 Å². The minimum absolute atomic E-state index is 0.591. The average molecular weight is 283 g/mol. The molecule has 2 rings (SSSR count). The highest BCUT2D eigenvalue weighted by Crippen LogP contribution is 2.16. The molecule has 1 aliphatic rings. The number of piperidine rings is 1. The molecule has 1 fully saturated rings. The van der Waals surface area contributed by atoms with E-state index < -0.39 is 0 Å². The van der Waals surface area contributed by atoms with E-state index in [0.29, 0.717) is 12.6 Å². The molecule has 1 aromatic heterocycles. The number of thiazole rings is 1. The van der Waals surface area contributed by atoms with E-state index in [1.165, 1.54) is 25.8 Å². The van der Waals surface area contributed by atoms with Crippen molar-refractivity contribution in [1.82, 2.24) is 15.2 Å². The summed E-state index contributed by atoms with van der Waals surface area (Å²) in [7, 11) is 2.20. The number of likely N-dealkylation sites (tertiary alicyclic amines) is 1. The molecule has 108 valence electrons. The normalized spacial score (nSPS) is 20.8. The third-order valence-corrected chi connectivity index (χ3v) is 4.50. The van der Waals surface area contributed by atoms with Gasteiger partial charge in [-0.2, -0.15) is 0 Å². The van der Waals surface area contributed by atoms with Gasteiger partial charge in [0.15, 0.2) is 0 Å². The van der Waals surface area contributed by atoms with E-state index in [1.54, 1.807) is 11.3 Å². The van der Waals surface area contributed by atoms with Crippen LogP contribution in [-0.2, 0) is 17.9 Å². The molecule has 0 amide bonds. The fourth-order valence-corrected chi connectivity index (χ4v) is 3.13. The van der Waals surface area contributed by atoms with Crippen LogP contribution in [-0.4, -0.2) is 42.7 Å². The number of ether oxygens (including phenoxy) is 1. The Kier molecular flexibility index (Phi) is 6.23. The second-order valence-corrected chi connectivity index (χ2v) is 6.10. The number of hydrogen-bond acceptors (Lipinski definition) is 5. The molecule has 2 heterocycles. The van der Waals surface area contributed by atoms with Gasteiger partial charge in [-0.15, -0.1) is 11.3 Å². The average Bonchev–Trinajstić information content (AvgIpc) is 2.86. The van der Waals surface area contributed by atoms with Gasteiger partial charge >= 0.3 is 0 Å². The van der Waals surface area contributed by atoms with E-state index in [4.69, 9.17) is 4.74 Å². The van der Waals surface area contributed by atoms with E-state index in [0.717, 1.165) is 30.4 Å². The van der Waals surface area contributed by atoms with Crippen LogP contribution >= 0.6 is 11.3 Å². The van der Waals surface area contributed by atoms with Crippen LogP contribution < -0.4 is 5.32 Å². The van der Waals surface area contributed by atoms with Crippen molar-refractivity contribution in [3.05, 3.63) is 16.1 Å². The Bertz CT molecular complexity index is 369. The quantitative estimate of drug-likeness (QED) is 0.833. The summed E-state index contributed by atoms with van der Waals surface area (Å²) in [5.74, 6) is 0. The zero-order chi connectivity index (χ0) is 13.5. The van der Waals surface area contributed by atoms with E-state index in [1.807, 2.05) is 0 Å².